The number of aromatic amines is 1. The van der Waals surface area contributed by atoms with Gasteiger partial charge in [-0.2, -0.15) is 0 Å². The highest BCUT2D eigenvalue weighted by Crippen LogP contribution is 2.47. The van der Waals surface area contributed by atoms with Crippen LogP contribution in [-0.4, -0.2) is 17.6 Å². The largest absolute Gasteiger partial charge is 0.361 e. The zero-order valence-corrected chi connectivity index (χ0v) is 17.1. The number of hydrogen-bond donors (Lipinski definition) is 2. The lowest BCUT2D eigenvalue weighted by molar-refractivity contribution is 0.248. The van der Waals surface area contributed by atoms with Gasteiger partial charge in [0, 0.05) is 38.5 Å². The molecule has 2 N–H and O–H groups in total. The molecule has 0 radical (unpaired) electrons. The molecule has 0 fully saturated rings. The minimum absolute atomic E-state index is 0.122. The number of amides is 2. The van der Waals surface area contributed by atoms with Gasteiger partial charge in [-0.25, -0.2) is 4.79 Å². The topological polar surface area (TPSA) is 48.1 Å². The molecular formula is C23H18ClN3OS. The number of nitrogens with zero attached hydrogens (tertiary/aromatic N) is 1. The second-order valence-electron chi connectivity index (χ2n) is 6.86. The normalized spacial score (nSPS) is 12.5. The molecule has 1 aromatic heterocycles. The smallest absolute Gasteiger partial charge is 0.326 e. The Kier molecular flexibility index (Phi) is 4.70. The van der Waals surface area contributed by atoms with Crippen molar-refractivity contribution < 1.29 is 4.79 Å². The van der Waals surface area contributed by atoms with Gasteiger partial charge in [0.25, 0.3) is 0 Å². The Morgan fingerprint density at radius 2 is 1.69 bits per heavy atom. The Morgan fingerprint density at radius 1 is 1.00 bits per heavy atom. The van der Waals surface area contributed by atoms with Crippen LogP contribution in [0.5, 0.6) is 0 Å². The molecule has 29 heavy (non-hydrogen) atoms. The summed E-state index contributed by atoms with van der Waals surface area (Å²) in [5.74, 6) is 0. The number of rotatable bonds is 3. The monoisotopic (exact) mass is 419 g/mol. The predicted octanol–water partition coefficient (Wildman–Crippen LogP) is 6.38. The molecule has 0 saturated carbocycles. The Hall–Kier alpha value is -2.89. The van der Waals surface area contributed by atoms with Crippen molar-refractivity contribution in [2.24, 2.45) is 0 Å². The number of nitrogens with one attached hydrogen (secondary N) is 2. The van der Waals surface area contributed by atoms with Gasteiger partial charge in [-0.1, -0.05) is 47.6 Å². The van der Waals surface area contributed by atoms with E-state index in [9.17, 15) is 4.79 Å². The van der Waals surface area contributed by atoms with Gasteiger partial charge in [0.2, 0.25) is 0 Å². The molecule has 0 unspecified atom stereocenters. The van der Waals surface area contributed by atoms with Crippen molar-refractivity contribution in [1.82, 2.24) is 10.3 Å². The van der Waals surface area contributed by atoms with Crippen molar-refractivity contribution in [3.05, 3.63) is 83.5 Å². The van der Waals surface area contributed by atoms with Crippen LogP contribution in [0.4, 0.5) is 16.2 Å². The third-order valence-electron chi connectivity index (χ3n) is 5.04. The molecule has 0 bridgehead atoms. The van der Waals surface area contributed by atoms with Crippen LogP contribution in [0, 0.1) is 0 Å². The Bertz CT molecular complexity index is 1170. The van der Waals surface area contributed by atoms with E-state index in [1.54, 1.807) is 16.7 Å². The van der Waals surface area contributed by atoms with Crippen LogP contribution in [0.2, 0.25) is 5.02 Å². The summed E-state index contributed by atoms with van der Waals surface area (Å²) in [6, 6.07) is 21.7. The molecular weight excluding hydrogens is 402 g/mol. The minimum atomic E-state index is -0.122. The van der Waals surface area contributed by atoms with Crippen molar-refractivity contribution in [3.63, 3.8) is 0 Å². The first kappa shape index (κ1) is 18.2. The third kappa shape index (κ3) is 3.37. The number of urea groups is 1. The maximum absolute atomic E-state index is 13.1. The molecule has 4 aromatic rings. The van der Waals surface area contributed by atoms with Crippen LogP contribution in [0.25, 0.3) is 10.9 Å². The maximum atomic E-state index is 13.1. The SMILES string of the molecule is O=C(NCCc1c[nH]c2ccc(Cl)cc12)N1c2ccccc2Sc2ccccc21. The van der Waals surface area contributed by atoms with E-state index in [0.717, 1.165) is 44.1 Å². The predicted molar refractivity (Wildman–Crippen MR) is 120 cm³/mol. The van der Waals surface area contributed by atoms with Crippen molar-refractivity contribution in [2.45, 2.75) is 16.2 Å². The highest BCUT2D eigenvalue weighted by Gasteiger charge is 2.27. The number of H-pyrrole nitrogens is 1. The zero-order valence-electron chi connectivity index (χ0n) is 15.5. The quantitative estimate of drug-likeness (QED) is 0.405. The van der Waals surface area contributed by atoms with Crippen LogP contribution in [0.1, 0.15) is 5.56 Å². The van der Waals surface area contributed by atoms with E-state index >= 15 is 0 Å². The molecule has 0 atom stereocenters. The van der Waals surface area contributed by atoms with Crippen LogP contribution < -0.4 is 10.2 Å². The van der Waals surface area contributed by atoms with Crippen molar-refractivity contribution in [1.29, 1.82) is 0 Å². The molecule has 2 heterocycles. The van der Waals surface area contributed by atoms with E-state index in [1.165, 1.54) is 0 Å². The summed E-state index contributed by atoms with van der Waals surface area (Å²) < 4.78 is 0. The average molecular weight is 420 g/mol. The van der Waals surface area contributed by atoms with Crippen LogP contribution in [0.15, 0.2) is 82.7 Å². The van der Waals surface area contributed by atoms with Gasteiger partial charge in [-0.05, 0) is 54.4 Å². The van der Waals surface area contributed by atoms with Gasteiger partial charge in [0.05, 0.1) is 11.4 Å². The molecule has 1 aliphatic heterocycles. The minimum Gasteiger partial charge on any atom is -0.361 e. The molecule has 144 valence electrons. The van der Waals surface area contributed by atoms with Crippen LogP contribution in [0.3, 0.4) is 0 Å². The highest BCUT2D eigenvalue weighted by atomic mass is 35.5. The van der Waals surface area contributed by atoms with E-state index in [4.69, 9.17) is 11.6 Å². The fraction of sp³-hybridized carbons (Fsp3) is 0.0870. The molecule has 3 aromatic carbocycles. The van der Waals surface area contributed by atoms with Crippen LogP contribution >= 0.6 is 23.4 Å². The standard InChI is InChI=1S/C23H18ClN3OS/c24-16-9-10-18-17(13-16)15(14-26-18)11-12-25-23(28)27-19-5-1-3-7-21(19)29-22-8-4-2-6-20(22)27/h1-10,13-14,26H,11-12H2,(H,25,28). The molecule has 4 nitrogen and oxygen atoms in total. The number of para-hydroxylation sites is 2. The van der Waals surface area contributed by atoms with E-state index in [2.05, 4.69) is 10.3 Å². The van der Waals surface area contributed by atoms with E-state index < -0.39 is 0 Å². The number of aromatic nitrogens is 1. The van der Waals surface area contributed by atoms with Gasteiger partial charge in [-0.15, -0.1) is 0 Å². The van der Waals surface area contributed by atoms with Gasteiger partial charge in [0.15, 0.2) is 0 Å². The Labute approximate surface area is 177 Å². The van der Waals surface area contributed by atoms with Crippen molar-refractivity contribution in [2.75, 3.05) is 11.4 Å². The summed E-state index contributed by atoms with van der Waals surface area (Å²) in [6.07, 6.45) is 2.70. The van der Waals surface area contributed by atoms with Crippen LogP contribution in [-0.2, 0) is 6.42 Å². The summed E-state index contributed by atoms with van der Waals surface area (Å²) in [7, 11) is 0. The molecule has 0 aliphatic carbocycles. The summed E-state index contributed by atoms with van der Waals surface area (Å²) >= 11 is 7.83. The average Bonchev–Trinajstić information content (AvgIpc) is 3.14. The van der Waals surface area contributed by atoms with E-state index in [-0.39, 0.29) is 6.03 Å². The fourth-order valence-electron chi connectivity index (χ4n) is 3.66. The first-order chi connectivity index (χ1) is 14.2. The molecule has 1 aliphatic rings. The molecule has 0 saturated heterocycles. The first-order valence-electron chi connectivity index (χ1n) is 9.40. The Morgan fingerprint density at radius 3 is 2.41 bits per heavy atom. The van der Waals surface area contributed by atoms with Gasteiger partial charge >= 0.3 is 6.03 Å². The number of hydrogen-bond acceptors (Lipinski definition) is 2. The number of halogens is 1. The number of benzene rings is 3. The maximum Gasteiger partial charge on any atom is 0.326 e. The third-order valence-corrected chi connectivity index (χ3v) is 6.40. The lowest BCUT2D eigenvalue weighted by Crippen LogP contribution is -2.39. The van der Waals surface area contributed by atoms with Crippen molar-refractivity contribution >= 4 is 51.7 Å². The zero-order chi connectivity index (χ0) is 19.8. The summed E-state index contributed by atoms with van der Waals surface area (Å²) in [5.41, 5.74) is 4.00. The second-order valence-corrected chi connectivity index (χ2v) is 8.38. The summed E-state index contributed by atoms with van der Waals surface area (Å²) in [5, 5.41) is 4.89. The molecule has 0 spiro atoms. The second kappa shape index (κ2) is 7.50. The highest BCUT2D eigenvalue weighted by molar-refractivity contribution is 7.99. The fourth-order valence-corrected chi connectivity index (χ4v) is 4.89. The lowest BCUT2D eigenvalue weighted by Gasteiger charge is -2.31. The number of anilines is 2. The Balaban J connectivity index is 1.36. The van der Waals surface area contributed by atoms with E-state index in [1.807, 2.05) is 72.9 Å². The van der Waals surface area contributed by atoms with Crippen molar-refractivity contribution in [3.8, 4) is 0 Å². The number of carbonyl (C=O) groups excluding carboxylic acids is 1. The molecule has 5 rings (SSSR count). The van der Waals surface area contributed by atoms with Gasteiger partial charge in [0.1, 0.15) is 0 Å². The first-order valence-corrected chi connectivity index (χ1v) is 10.6. The number of fused-ring (bicyclic) bond motifs is 3. The van der Waals surface area contributed by atoms with Gasteiger partial charge < -0.3 is 10.3 Å². The summed E-state index contributed by atoms with van der Waals surface area (Å²) in [6.45, 7) is 0.534. The van der Waals surface area contributed by atoms with Gasteiger partial charge in [-0.3, -0.25) is 4.90 Å². The van der Waals surface area contributed by atoms with E-state index in [0.29, 0.717) is 11.6 Å². The molecule has 6 heteroatoms. The molecule has 2 amide bonds. The number of carbonyl (C=O) groups is 1. The summed E-state index contributed by atoms with van der Waals surface area (Å²) in [4.78, 5) is 20.3. The lowest BCUT2D eigenvalue weighted by atomic mass is 10.1.